The van der Waals surface area contributed by atoms with Gasteiger partial charge in [-0.25, -0.2) is 9.97 Å². The maximum atomic E-state index is 14.1. The number of nitrogens with one attached hydrogen (secondary N) is 1. The quantitative estimate of drug-likeness (QED) is 0.537. The van der Waals surface area contributed by atoms with Gasteiger partial charge in [-0.15, -0.1) is 0 Å². The van der Waals surface area contributed by atoms with Gasteiger partial charge in [0.1, 0.15) is 5.82 Å². The number of unbranched alkanes of at least 4 members (excludes halogenated alkanes) is 1. The number of halogens is 1. The predicted molar refractivity (Wildman–Crippen MR) is 83.5 cm³/mol. The number of hydrogen-bond donors (Lipinski definition) is 1. The predicted octanol–water partition coefficient (Wildman–Crippen LogP) is 2.90. The first-order valence-corrected chi connectivity index (χ1v) is 6.87. The molecule has 23 heavy (non-hydrogen) atoms. The number of aromatic nitrogens is 2. The zero-order valence-electron chi connectivity index (χ0n) is 12.4. The molecule has 5 nitrogen and oxygen atoms in total. The van der Waals surface area contributed by atoms with Crippen molar-refractivity contribution in [2.24, 2.45) is 0 Å². The molecule has 0 saturated heterocycles. The number of carbonyl (C=O) groups excluding carboxylic acids is 1. The van der Waals surface area contributed by atoms with Gasteiger partial charge in [0.25, 0.3) is 0 Å². The topological polar surface area (TPSA) is 78.7 Å². The van der Waals surface area contributed by atoms with Crippen LogP contribution in [0.4, 0.5) is 10.2 Å². The molecule has 1 amide bonds. The summed E-state index contributed by atoms with van der Waals surface area (Å²) in [5.41, 5.74) is 1.03. The van der Waals surface area contributed by atoms with Crippen LogP contribution in [0.1, 0.15) is 25.3 Å². The minimum atomic E-state index is -0.704. The van der Waals surface area contributed by atoms with E-state index < -0.39 is 5.95 Å². The summed E-state index contributed by atoms with van der Waals surface area (Å²) in [6.45, 7) is 1.37. The van der Waals surface area contributed by atoms with Gasteiger partial charge < -0.3 is 5.32 Å². The van der Waals surface area contributed by atoms with Crippen LogP contribution in [-0.4, -0.2) is 15.9 Å². The number of anilines is 1. The van der Waals surface area contributed by atoms with Crippen molar-refractivity contribution in [1.29, 1.82) is 5.26 Å². The summed E-state index contributed by atoms with van der Waals surface area (Å²) < 4.78 is 14.1. The molecule has 2 rings (SSSR count). The first-order valence-electron chi connectivity index (χ1n) is 6.87. The van der Waals surface area contributed by atoms with E-state index in [2.05, 4.69) is 27.1 Å². The van der Waals surface area contributed by atoms with Crippen LogP contribution in [0.25, 0.3) is 11.3 Å². The van der Waals surface area contributed by atoms with Gasteiger partial charge in [-0.2, -0.15) is 9.65 Å². The molecule has 0 spiro atoms. The summed E-state index contributed by atoms with van der Waals surface area (Å²) >= 11 is 0. The Labute approximate surface area is 133 Å². The molecular weight excluding hydrogens is 295 g/mol. The Morgan fingerprint density at radius 1 is 1.35 bits per heavy atom. The first kappa shape index (κ1) is 16.1. The van der Waals surface area contributed by atoms with Crippen LogP contribution in [0, 0.1) is 29.1 Å². The van der Waals surface area contributed by atoms with Gasteiger partial charge in [0.2, 0.25) is 11.9 Å². The Bertz CT molecular complexity index is 830. The lowest BCUT2D eigenvalue weighted by Crippen LogP contribution is -2.09. The Balaban J connectivity index is 2.32. The molecule has 0 radical (unpaired) electrons. The summed E-state index contributed by atoms with van der Waals surface area (Å²) in [5, 5.41) is 11.0. The summed E-state index contributed by atoms with van der Waals surface area (Å²) in [6, 6.07) is 8.46. The van der Waals surface area contributed by atoms with Crippen LogP contribution < -0.4 is 5.32 Å². The lowest BCUT2D eigenvalue weighted by atomic mass is 10.1. The van der Waals surface area contributed by atoms with E-state index in [0.717, 1.165) is 0 Å². The number of nitrogens with zero attached hydrogens (tertiary/aromatic N) is 3. The summed E-state index contributed by atoms with van der Waals surface area (Å²) in [7, 11) is 0. The highest BCUT2D eigenvalue weighted by atomic mass is 19.1. The van der Waals surface area contributed by atoms with Gasteiger partial charge in [-0.3, -0.25) is 4.79 Å². The molecule has 0 fully saturated rings. The number of carbonyl (C=O) groups is 1. The number of hydrogen-bond acceptors (Lipinski definition) is 4. The van der Waals surface area contributed by atoms with Crippen molar-refractivity contribution in [2.75, 3.05) is 5.32 Å². The molecule has 0 aliphatic rings. The highest BCUT2D eigenvalue weighted by molar-refractivity contribution is 5.91. The van der Waals surface area contributed by atoms with Crippen molar-refractivity contribution in [3.8, 4) is 29.2 Å². The van der Waals surface area contributed by atoms with Gasteiger partial charge >= 0.3 is 0 Å². The van der Waals surface area contributed by atoms with E-state index in [9.17, 15) is 9.18 Å². The van der Waals surface area contributed by atoms with Crippen molar-refractivity contribution in [1.82, 2.24) is 9.97 Å². The molecule has 0 aliphatic carbocycles. The molecular formula is C17H13FN4O. The van der Waals surface area contributed by atoms with Gasteiger partial charge in [-0.1, -0.05) is 11.8 Å². The molecule has 114 valence electrons. The average molecular weight is 308 g/mol. The van der Waals surface area contributed by atoms with Crippen molar-refractivity contribution in [3.63, 3.8) is 0 Å². The van der Waals surface area contributed by atoms with E-state index in [4.69, 9.17) is 5.26 Å². The lowest BCUT2D eigenvalue weighted by molar-refractivity contribution is -0.114. The molecule has 2 aromatic heterocycles. The number of rotatable bonds is 3. The lowest BCUT2D eigenvalue weighted by Gasteiger charge is -2.08. The molecule has 0 bridgehead atoms. The van der Waals surface area contributed by atoms with Crippen molar-refractivity contribution in [2.45, 2.75) is 19.8 Å². The second-order valence-electron chi connectivity index (χ2n) is 4.58. The fourth-order valence-corrected chi connectivity index (χ4v) is 1.83. The van der Waals surface area contributed by atoms with Crippen molar-refractivity contribution in [3.05, 3.63) is 42.0 Å². The number of amides is 1. The SMILES string of the molecule is CC(=O)Nc1ncccc1-c1ccc(C#CCCC#N)c(F)n1. The molecule has 0 unspecified atom stereocenters. The van der Waals surface area contributed by atoms with Gasteiger partial charge in [0.05, 0.1) is 17.3 Å². The third-order valence-electron chi connectivity index (χ3n) is 2.81. The van der Waals surface area contributed by atoms with Crippen molar-refractivity contribution < 1.29 is 9.18 Å². The molecule has 0 saturated carbocycles. The summed E-state index contributed by atoms with van der Waals surface area (Å²) in [6.07, 6.45) is 2.21. The zero-order chi connectivity index (χ0) is 16.7. The van der Waals surface area contributed by atoms with E-state index >= 15 is 0 Å². The Morgan fingerprint density at radius 3 is 2.87 bits per heavy atom. The second-order valence-corrected chi connectivity index (χ2v) is 4.58. The third kappa shape index (κ3) is 4.36. The Kier molecular flexibility index (Phi) is 5.38. The third-order valence-corrected chi connectivity index (χ3v) is 2.81. The van der Waals surface area contributed by atoms with E-state index in [1.165, 1.54) is 19.2 Å². The standard InChI is InChI=1S/C17H13FN4O/c1-12(23)21-17-14(7-5-11-20-17)15-9-8-13(16(18)22-15)6-3-2-4-10-19/h5,7-9,11H,2,4H2,1H3,(H,20,21,23). The smallest absolute Gasteiger partial charge is 0.229 e. The van der Waals surface area contributed by atoms with Gasteiger partial charge in [0.15, 0.2) is 0 Å². The highest BCUT2D eigenvalue weighted by Crippen LogP contribution is 2.24. The normalized spacial score (nSPS) is 9.43. The van der Waals surface area contributed by atoms with Crippen LogP contribution in [0.5, 0.6) is 0 Å². The first-order chi connectivity index (χ1) is 11.1. The fraction of sp³-hybridized carbons (Fsp3) is 0.176. The van der Waals surface area contributed by atoms with Crippen LogP contribution in [0.2, 0.25) is 0 Å². The molecule has 6 heteroatoms. The van der Waals surface area contributed by atoms with E-state index in [-0.39, 0.29) is 11.5 Å². The van der Waals surface area contributed by atoms with E-state index in [0.29, 0.717) is 29.9 Å². The van der Waals surface area contributed by atoms with Gasteiger partial charge in [0, 0.05) is 31.5 Å². The van der Waals surface area contributed by atoms with Crippen molar-refractivity contribution >= 4 is 11.7 Å². The van der Waals surface area contributed by atoms with Gasteiger partial charge in [-0.05, 0) is 24.3 Å². The fourth-order valence-electron chi connectivity index (χ4n) is 1.83. The molecule has 2 aromatic rings. The Hall–Kier alpha value is -3.25. The minimum absolute atomic E-state index is 0.164. The molecule has 0 aliphatic heterocycles. The second kappa shape index (κ2) is 7.67. The monoisotopic (exact) mass is 308 g/mol. The molecule has 1 N–H and O–H groups in total. The van der Waals surface area contributed by atoms with Crippen LogP contribution in [0.3, 0.4) is 0 Å². The summed E-state index contributed by atoms with van der Waals surface area (Å²) in [5.74, 6) is 4.71. The average Bonchev–Trinajstić information content (AvgIpc) is 2.53. The van der Waals surface area contributed by atoms with E-state index in [1.807, 2.05) is 6.07 Å². The molecule has 0 atom stereocenters. The van der Waals surface area contributed by atoms with Crippen LogP contribution >= 0.6 is 0 Å². The maximum Gasteiger partial charge on any atom is 0.229 e. The number of nitriles is 1. The number of pyridine rings is 2. The maximum absolute atomic E-state index is 14.1. The van der Waals surface area contributed by atoms with E-state index in [1.54, 1.807) is 18.2 Å². The largest absolute Gasteiger partial charge is 0.310 e. The summed E-state index contributed by atoms with van der Waals surface area (Å²) in [4.78, 5) is 19.2. The highest BCUT2D eigenvalue weighted by Gasteiger charge is 2.11. The van der Waals surface area contributed by atoms with Crippen LogP contribution in [-0.2, 0) is 4.79 Å². The zero-order valence-corrected chi connectivity index (χ0v) is 12.4. The molecule has 0 aromatic carbocycles. The van der Waals surface area contributed by atoms with Crippen LogP contribution in [0.15, 0.2) is 30.5 Å². The minimum Gasteiger partial charge on any atom is -0.310 e. The molecule has 2 heterocycles. The Morgan fingerprint density at radius 2 is 2.17 bits per heavy atom.